The lowest BCUT2D eigenvalue weighted by Crippen LogP contribution is -2.30. The number of carbonyl (C=O) groups is 2. The SMILES string of the molecule is CCCN(CCC)CCCCN(CCC(=O)OCOC(=O)OC(CC)CC)Cc1ccc(CN(Cc2ncc[nH]2)Cc2nccn2C)cc1. The fourth-order valence-corrected chi connectivity index (χ4v) is 5.78. The molecule has 0 spiro atoms. The number of H-pyrrole nitrogens is 1. The van der Waals surface area contributed by atoms with Gasteiger partial charge in [0.2, 0.25) is 6.79 Å². The van der Waals surface area contributed by atoms with Gasteiger partial charge in [-0.1, -0.05) is 52.0 Å². The van der Waals surface area contributed by atoms with Gasteiger partial charge in [0.15, 0.2) is 0 Å². The second-order valence-electron chi connectivity index (χ2n) is 12.6. The Labute approximate surface area is 293 Å². The third-order valence-corrected chi connectivity index (χ3v) is 8.53. The summed E-state index contributed by atoms with van der Waals surface area (Å²) in [6.45, 7) is 15.5. The van der Waals surface area contributed by atoms with Gasteiger partial charge >= 0.3 is 12.1 Å². The first-order valence-corrected chi connectivity index (χ1v) is 18.0. The van der Waals surface area contributed by atoms with Gasteiger partial charge < -0.3 is 28.7 Å². The number of aryl methyl sites for hydroxylation is 1. The Morgan fingerprint density at radius 2 is 1.43 bits per heavy atom. The molecule has 1 N–H and O–H groups in total. The van der Waals surface area contributed by atoms with Crippen LogP contribution in [0.25, 0.3) is 0 Å². The minimum absolute atomic E-state index is 0.200. The molecule has 0 amide bonds. The Balaban J connectivity index is 1.57. The zero-order valence-electron chi connectivity index (χ0n) is 30.4. The van der Waals surface area contributed by atoms with Crippen LogP contribution in [0.2, 0.25) is 0 Å². The average molecular weight is 682 g/mol. The lowest BCUT2D eigenvalue weighted by molar-refractivity contribution is -0.154. The summed E-state index contributed by atoms with van der Waals surface area (Å²) >= 11 is 0. The number of ether oxygens (including phenoxy) is 3. The van der Waals surface area contributed by atoms with E-state index in [2.05, 4.69) is 67.8 Å². The number of rotatable bonds is 25. The minimum atomic E-state index is -0.813. The predicted molar refractivity (Wildman–Crippen MR) is 190 cm³/mol. The number of unbranched alkanes of at least 4 members (excludes halogenated alkanes) is 1. The highest BCUT2D eigenvalue weighted by Gasteiger charge is 2.16. The van der Waals surface area contributed by atoms with Crippen molar-refractivity contribution in [1.29, 1.82) is 0 Å². The second-order valence-corrected chi connectivity index (χ2v) is 12.6. The highest BCUT2D eigenvalue weighted by Crippen LogP contribution is 2.15. The predicted octanol–water partition coefficient (Wildman–Crippen LogP) is 6.28. The first-order valence-electron chi connectivity index (χ1n) is 18.0. The van der Waals surface area contributed by atoms with Gasteiger partial charge in [0.1, 0.15) is 17.8 Å². The van der Waals surface area contributed by atoms with Crippen molar-refractivity contribution in [3.05, 3.63) is 71.8 Å². The molecule has 0 bridgehead atoms. The van der Waals surface area contributed by atoms with Crippen molar-refractivity contribution >= 4 is 12.1 Å². The molecule has 0 fully saturated rings. The molecule has 12 heteroatoms. The molecule has 0 aliphatic carbocycles. The van der Waals surface area contributed by atoms with Crippen molar-refractivity contribution in [1.82, 2.24) is 34.2 Å². The summed E-state index contributed by atoms with van der Waals surface area (Å²) in [7, 11) is 2.01. The van der Waals surface area contributed by atoms with Crippen molar-refractivity contribution in [2.75, 3.05) is 39.5 Å². The van der Waals surface area contributed by atoms with Crippen LogP contribution in [0, 0.1) is 0 Å². The maximum Gasteiger partial charge on any atom is 0.511 e. The van der Waals surface area contributed by atoms with E-state index in [4.69, 9.17) is 14.2 Å². The van der Waals surface area contributed by atoms with E-state index in [-0.39, 0.29) is 12.5 Å². The summed E-state index contributed by atoms with van der Waals surface area (Å²) in [6, 6.07) is 8.72. The number of aromatic amines is 1. The quantitative estimate of drug-likeness (QED) is 0.0622. The van der Waals surface area contributed by atoms with Gasteiger partial charge in [0.25, 0.3) is 0 Å². The van der Waals surface area contributed by atoms with Crippen LogP contribution in [0.5, 0.6) is 0 Å². The first kappa shape index (κ1) is 39.7. The Kier molecular flexibility index (Phi) is 18.5. The number of imidazole rings is 2. The van der Waals surface area contributed by atoms with Gasteiger partial charge in [-0.25, -0.2) is 14.8 Å². The van der Waals surface area contributed by atoms with Gasteiger partial charge in [-0.15, -0.1) is 0 Å². The van der Waals surface area contributed by atoms with Crippen molar-refractivity contribution in [3.63, 3.8) is 0 Å². The monoisotopic (exact) mass is 681 g/mol. The summed E-state index contributed by atoms with van der Waals surface area (Å²) in [5, 5.41) is 0. The summed E-state index contributed by atoms with van der Waals surface area (Å²) in [4.78, 5) is 43.8. The molecule has 0 atom stereocenters. The molecule has 0 unspecified atom stereocenters. The molecule has 1 aromatic carbocycles. The van der Waals surface area contributed by atoms with Crippen LogP contribution >= 0.6 is 0 Å². The maximum atomic E-state index is 12.6. The van der Waals surface area contributed by atoms with E-state index >= 15 is 0 Å². The van der Waals surface area contributed by atoms with Crippen molar-refractivity contribution in [3.8, 4) is 0 Å². The van der Waals surface area contributed by atoms with Crippen molar-refractivity contribution < 1.29 is 23.8 Å². The van der Waals surface area contributed by atoms with Crippen LogP contribution in [0.3, 0.4) is 0 Å². The van der Waals surface area contributed by atoms with Gasteiger partial charge in [0, 0.05) is 51.5 Å². The number of nitrogens with one attached hydrogen (secondary N) is 1. The van der Waals surface area contributed by atoms with Crippen LogP contribution in [0.1, 0.15) is 95.4 Å². The summed E-state index contributed by atoms with van der Waals surface area (Å²) in [5.74, 6) is 1.51. The molecule has 0 aliphatic heterocycles. The maximum absolute atomic E-state index is 12.6. The van der Waals surface area contributed by atoms with Gasteiger partial charge in [-0.05, 0) is 75.8 Å². The second kappa shape index (κ2) is 22.8. The smallest absolute Gasteiger partial charge is 0.431 e. The molecular formula is C37H59N7O5. The highest BCUT2D eigenvalue weighted by atomic mass is 16.8. The van der Waals surface area contributed by atoms with Gasteiger partial charge in [0.05, 0.1) is 19.5 Å². The summed E-state index contributed by atoms with van der Waals surface area (Å²) in [5.41, 5.74) is 2.39. The van der Waals surface area contributed by atoms with Crippen LogP contribution in [-0.4, -0.2) is 92.0 Å². The largest absolute Gasteiger partial charge is 0.511 e. The molecule has 2 heterocycles. The molecule has 3 rings (SSSR count). The molecule has 49 heavy (non-hydrogen) atoms. The van der Waals surface area contributed by atoms with E-state index in [0.717, 1.165) is 76.6 Å². The van der Waals surface area contributed by atoms with E-state index in [1.807, 2.05) is 44.1 Å². The van der Waals surface area contributed by atoms with E-state index in [1.165, 1.54) is 11.1 Å². The van der Waals surface area contributed by atoms with Crippen LogP contribution in [0.15, 0.2) is 49.1 Å². The van der Waals surface area contributed by atoms with E-state index in [9.17, 15) is 9.59 Å². The van der Waals surface area contributed by atoms with Gasteiger partial charge in [-0.2, -0.15) is 0 Å². The topological polar surface area (TPSA) is 118 Å². The van der Waals surface area contributed by atoms with Crippen LogP contribution in [-0.2, 0) is 52.2 Å². The zero-order chi connectivity index (χ0) is 35.3. The molecule has 272 valence electrons. The van der Waals surface area contributed by atoms with Crippen LogP contribution < -0.4 is 0 Å². The summed E-state index contributed by atoms with van der Waals surface area (Å²) in [6.07, 6.45) is 12.5. The third-order valence-electron chi connectivity index (χ3n) is 8.53. The van der Waals surface area contributed by atoms with Crippen molar-refractivity contribution in [2.45, 2.75) is 105 Å². The lowest BCUT2D eigenvalue weighted by Gasteiger charge is -2.24. The highest BCUT2D eigenvalue weighted by molar-refractivity contribution is 5.69. The fourth-order valence-electron chi connectivity index (χ4n) is 5.78. The molecular weight excluding hydrogens is 622 g/mol. The normalized spacial score (nSPS) is 11.6. The summed E-state index contributed by atoms with van der Waals surface area (Å²) < 4.78 is 17.4. The molecule has 12 nitrogen and oxygen atoms in total. The van der Waals surface area contributed by atoms with E-state index < -0.39 is 18.9 Å². The average Bonchev–Trinajstić information content (AvgIpc) is 3.76. The Morgan fingerprint density at radius 3 is 2.00 bits per heavy atom. The van der Waals surface area contributed by atoms with Gasteiger partial charge in [-0.3, -0.25) is 14.6 Å². The number of nitrogens with zero attached hydrogens (tertiary/aromatic N) is 6. The Morgan fingerprint density at radius 1 is 0.776 bits per heavy atom. The molecule has 0 saturated heterocycles. The first-order chi connectivity index (χ1) is 23.8. The lowest BCUT2D eigenvalue weighted by atomic mass is 10.1. The molecule has 3 aromatic rings. The fraction of sp³-hybridized carbons (Fsp3) is 0.622. The number of hydrogen-bond donors (Lipinski definition) is 1. The molecule has 2 aromatic heterocycles. The number of esters is 1. The van der Waals surface area contributed by atoms with Crippen LogP contribution in [0.4, 0.5) is 4.79 Å². The zero-order valence-corrected chi connectivity index (χ0v) is 30.4. The van der Waals surface area contributed by atoms with E-state index in [1.54, 1.807) is 6.20 Å². The van der Waals surface area contributed by atoms with E-state index in [0.29, 0.717) is 32.5 Å². The Bertz CT molecular complexity index is 1300. The number of benzene rings is 1. The molecule has 0 aliphatic rings. The molecule has 0 saturated carbocycles. The molecule has 0 radical (unpaired) electrons. The standard InChI is InChI=1S/C37H59N7O5/c1-6-20-42(21-7-2)22-10-11-23-43(24-16-36(45)47-30-48-37(46)49-33(8-3)9-4)26-31-12-14-32(15-13-31)27-44(28-34-38-17-18-39-34)29-35-40-19-25-41(35)5/h12-15,17-19,25,33H,6-11,16,20-24,26-30H2,1-5H3,(H,38,39). The number of aromatic nitrogens is 4. The van der Waals surface area contributed by atoms with Crippen molar-refractivity contribution in [2.24, 2.45) is 7.05 Å². The minimum Gasteiger partial charge on any atom is -0.431 e. The third kappa shape index (κ3) is 15.6. The number of hydrogen-bond acceptors (Lipinski definition) is 10. The Hall–Kier alpha value is -3.74. The number of carbonyl (C=O) groups excluding carboxylic acids is 2.